The molecule has 12 heterocycles. The van der Waals surface area contributed by atoms with Gasteiger partial charge in [0.1, 0.15) is 274 Å². The van der Waals surface area contributed by atoms with Gasteiger partial charge in [-0.05, 0) is 13.8 Å². The maximum absolute atomic E-state index is 13.7. The maximum atomic E-state index is 13.7. The smallest absolute Gasteiger partial charge is 0.217 e. The number of rotatable bonds is 36. The summed E-state index contributed by atoms with van der Waals surface area (Å²) in [5.41, 5.74) is 0. The predicted octanol–water partition coefficient (Wildman–Crippen LogP) is -23.9. The van der Waals surface area contributed by atoms with Crippen LogP contribution < -0.4 is 21.3 Å². The van der Waals surface area contributed by atoms with Crippen LogP contribution in [0.2, 0.25) is 0 Å². The minimum absolute atomic E-state index is 0.876. The zero-order chi connectivity index (χ0) is 104. The molecule has 816 valence electrons. The number of carbonyl (C=O) groups is 4. The summed E-state index contributed by atoms with van der Waals surface area (Å²) in [5.74, 6) is -4.08. The highest BCUT2D eigenvalue weighted by Gasteiger charge is 2.65. The molecule has 59 atom stereocenters. The van der Waals surface area contributed by atoms with Crippen molar-refractivity contribution in [1.29, 1.82) is 0 Å². The molecule has 12 fully saturated rings. The van der Waals surface area contributed by atoms with Crippen molar-refractivity contribution in [3.8, 4) is 0 Å². The lowest BCUT2D eigenvalue weighted by atomic mass is 9.93. The zero-order valence-corrected chi connectivity index (χ0v) is 76.0. The number of aliphatic hydroxyl groups is 31. The van der Waals surface area contributed by atoms with Crippen molar-refractivity contribution >= 4 is 23.6 Å². The van der Waals surface area contributed by atoms with E-state index in [0.29, 0.717) is 0 Å². The van der Waals surface area contributed by atoms with E-state index in [1.165, 1.54) is 13.8 Å². The van der Waals surface area contributed by atoms with Gasteiger partial charge in [-0.3, -0.25) is 19.2 Å². The Labute approximate surface area is 798 Å². The second-order valence-electron chi connectivity index (χ2n) is 36.1. The first-order valence-corrected chi connectivity index (χ1v) is 45.3. The molecule has 12 aliphatic heterocycles. The Hall–Kier alpha value is -4.28. The first kappa shape index (κ1) is 115. The number of ether oxygens (including phenoxy) is 23. The Morgan fingerprint density at radius 2 is 0.447 bits per heavy atom. The van der Waals surface area contributed by atoms with Gasteiger partial charge in [-0.2, -0.15) is 0 Å². The molecule has 4 amide bonds. The van der Waals surface area contributed by atoms with Crippen LogP contribution in [0.15, 0.2) is 0 Å². The maximum Gasteiger partial charge on any atom is 0.217 e. The lowest BCUT2D eigenvalue weighted by Crippen LogP contribution is -2.72. The molecule has 0 radical (unpaired) electrons. The Morgan fingerprint density at radius 1 is 0.199 bits per heavy atom. The molecule has 62 nitrogen and oxygen atoms in total. The van der Waals surface area contributed by atoms with Crippen LogP contribution in [0.4, 0.5) is 0 Å². The summed E-state index contributed by atoms with van der Waals surface area (Å²) >= 11 is 0. The van der Waals surface area contributed by atoms with Crippen LogP contribution in [0.25, 0.3) is 0 Å². The third-order valence-corrected chi connectivity index (χ3v) is 26.3. The molecule has 0 aliphatic carbocycles. The molecule has 12 saturated heterocycles. The van der Waals surface area contributed by atoms with Crippen LogP contribution in [0.1, 0.15) is 41.5 Å². The quantitative estimate of drug-likeness (QED) is 0.0277. The SMILES string of the molecule is CC(=O)N[C@@H]1[C@@H](O[C@@H]2O[C@@H](C)[C@@H](O)[C@@H](O)[C@@H]2O)[C@H](O[C@@H]2O[C@H](CO)[C@@H](O[C@@H]3O[C@H](CO[C@H]4O[C@H](CO)[C@@H](O)[C@H](O)[C@@H]4O[C@@H]4O[C@H](CO)[C@@H](O[C@@H]5O[C@@H](C)[C@@H](O)[C@@H](O)[C@@H]5O)[C@H](O[C@@H]5O[C@H](CO)[C@H](O)[C@H](O)[C@H]5O)[C@H]4NC(C)=O)[C@@H](O)[C@H](O[C@H]4O[C@H](CO)[C@@H](O)[C@H](O)[C@@H]4O[C@@H]4O[C@H](CO)[C@@H](O)[C@H](O[C@@H]5O[C@H](CO)[C@H](O)[C@H](O)[C@H]5O)[C@H]4NC(C)=O)[C@@H]3O[C@@H]3O[C@H](CO)[C@H](O)[C@H]3O)[C@H](O)[C@H]2NC(C)=O)[C@@H](CO)O[C@H]1O. The van der Waals surface area contributed by atoms with Crippen molar-refractivity contribution in [3.63, 3.8) is 0 Å². The Kier molecular flexibility index (Phi) is 41.0. The largest absolute Gasteiger partial charge is 0.394 e. The van der Waals surface area contributed by atoms with E-state index in [1.807, 2.05) is 0 Å². The van der Waals surface area contributed by atoms with Crippen molar-refractivity contribution < 1.29 is 286 Å². The second-order valence-corrected chi connectivity index (χ2v) is 36.1. The fourth-order valence-electron chi connectivity index (χ4n) is 18.5. The van der Waals surface area contributed by atoms with Gasteiger partial charge in [0.05, 0.1) is 78.3 Å². The first-order valence-electron chi connectivity index (χ1n) is 45.3. The number of hydrogen-bond acceptors (Lipinski definition) is 58. The van der Waals surface area contributed by atoms with E-state index in [1.54, 1.807) is 0 Å². The fraction of sp³-hybridized carbons (Fsp3) is 0.949. The van der Waals surface area contributed by atoms with Gasteiger partial charge in [-0.15, -0.1) is 0 Å². The van der Waals surface area contributed by atoms with Crippen LogP contribution in [-0.2, 0) is 128 Å². The van der Waals surface area contributed by atoms with Crippen LogP contribution >= 0.6 is 0 Å². The third kappa shape index (κ3) is 25.1. The van der Waals surface area contributed by atoms with Gasteiger partial charge in [-0.25, -0.2) is 0 Å². The number of hydrogen-bond donors (Lipinski definition) is 35. The van der Waals surface area contributed by atoms with E-state index in [2.05, 4.69) is 21.3 Å². The van der Waals surface area contributed by atoms with Crippen molar-refractivity contribution in [2.45, 2.75) is 404 Å². The van der Waals surface area contributed by atoms with Crippen molar-refractivity contribution in [3.05, 3.63) is 0 Å². The van der Waals surface area contributed by atoms with E-state index >= 15 is 0 Å². The average Bonchev–Trinajstić information content (AvgIpc) is 1.66. The molecular weight excluding hydrogens is 1930 g/mol. The summed E-state index contributed by atoms with van der Waals surface area (Å²) in [4.78, 5) is 53.7. The van der Waals surface area contributed by atoms with Gasteiger partial charge >= 0.3 is 0 Å². The van der Waals surface area contributed by atoms with Crippen molar-refractivity contribution in [1.82, 2.24) is 21.3 Å². The Balaban J connectivity index is 0.963. The summed E-state index contributed by atoms with van der Waals surface area (Å²) < 4.78 is 141. The molecule has 0 aromatic heterocycles. The number of nitrogens with one attached hydrogen (secondary N) is 4. The van der Waals surface area contributed by atoms with Gasteiger partial charge < -0.3 is 289 Å². The summed E-state index contributed by atoms with van der Waals surface area (Å²) in [7, 11) is 0. The molecule has 0 saturated carbocycles. The van der Waals surface area contributed by atoms with E-state index in [4.69, 9.17) is 109 Å². The van der Waals surface area contributed by atoms with Gasteiger partial charge in [0.2, 0.25) is 23.6 Å². The molecule has 0 spiro atoms. The standard InChI is InChI=1S/C79H132N4O58/c1-17-37(97)47(107)54(114)72(120-17)134-60-31(15-92)130-71(36(83-22(6)96)63(60)137-76-57(117)50(110)40(100)24(8-85)125-76)139-65-51(111)41(101)25(9-86)127-77(65)119-16-32-45(105)64(138-78-66(52(112)42(102)26(10-87)128-78)140-70-35(82-21(5)95)61(44(104)28(12-89)123-70)135-75-56(116)49(109)39(99)23(7-84)124-75)67(141-74-53(113)43(103)27(11-88)126-74)79(131-32)132-58-29(13-90)129-69(33(46(58)106)80-19(3)93)133-59-30(14-91)122-68(118)34(81-20(4)94)62(59)136-73-55(115)48(108)38(98)18(2)121-73/h17-18,23-79,84-92,97-118H,7-16H2,1-6H3,(H,80,93)(H,81,94)(H,82,95)(H,83,96)/t17-,18-,23+,24+,25+,26+,27+,28+,29+,30+,31+,32+,33+,34+,35+,36+,37+,38+,39-,40-,41+,42+,43-,44+,45+,46+,47+,48+,49-,50-,51-,52-,53+,54-,55-,56+,57+,58+,59+,60+,61+,62+,63+,64-,65-,66-,67-,68+,69-,70-,71-,72-,73-,74-,75-,76-,77-,78+,79-/m0/s1. The van der Waals surface area contributed by atoms with Crippen LogP contribution in [0, 0.1) is 0 Å². The molecule has 62 heteroatoms. The molecule has 141 heavy (non-hydrogen) atoms. The summed E-state index contributed by atoms with van der Waals surface area (Å²) in [6, 6.07) is -8.20. The van der Waals surface area contributed by atoms with Crippen LogP contribution in [0.3, 0.4) is 0 Å². The Bertz CT molecular complexity index is 3900. The average molecular weight is 2070 g/mol. The summed E-state index contributed by atoms with van der Waals surface area (Å²) in [6.45, 7) is -6.17. The van der Waals surface area contributed by atoms with Crippen LogP contribution in [0.5, 0.6) is 0 Å². The molecule has 12 aliphatic rings. The summed E-state index contributed by atoms with van der Waals surface area (Å²) in [5, 5.41) is 360. The Morgan fingerprint density at radius 3 is 0.879 bits per heavy atom. The monoisotopic (exact) mass is 2060 g/mol. The summed E-state index contributed by atoms with van der Waals surface area (Å²) in [6.07, 6.45) is -120. The highest BCUT2D eigenvalue weighted by Crippen LogP contribution is 2.44. The van der Waals surface area contributed by atoms with Gasteiger partial charge in [0.15, 0.2) is 75.5 Å². The van der Waals surface area contributed by atoms with Crippen molar-refractivity contribution in [2.75, 3.05) is 66.1 Å². The van der Waals surface area contributed by atoms with Gasteiger partial charge in [0.25, 0.3) is 0 Å². The number of amides is 4. The molecule has 12 rings (SSSR count). The van der Waals surface area contributed by atoms with E-state index < -0.39 is 452 Å². The number of carbonyl (C=O) groups excluding carboxylic acids is 4. The topological polar surface area (TPSA) is 956 Å². The van der Waals surface area contributed by atoms with E-state index in [-0.39, 0.29) is 0 Å². The minimum atomic E-state index is -2.72. The number of aliphatic hydroxyl groups excluding tert-OH is 31. The van der Waals surface area contributed by atoms with E-state index in [9.17, 15) is 177 Å². The van der Waals surface area contributed by atoms with Crippen LogP contribution in [-0.4, -0.2) is 610 Å². The first-order chi connectivity index (χ1) is 66.7. The normalized spacial score (nSPS) is 50.6. The van der Waals surface area contributed by atoms with Gasteiger partial charge in [-0.1, -0.05) is 0 Å². The lowest BCUT2D eigenvalue weighted by Gasteiger charge is -2.52. The second kappa shape index (κ2) is 50.1. The molecular formula is C79H132N4O58. The zero-order valence-electron chi connectivity index (χ0n) is 76.0. The third-order valence-electron chi connectivity index (χ3n) is 26.3. The molecule has 35 N–H and O–H groups in total. The molecule has 0 aromatic rings. The van der Waals surface area contributed by atoms with E-state index in [0.717, 1.165) is 27.7 Å². The van der Waals surface area contributed by atoms with Crippen molar-refractivity contribution in [2.24, 2.45) is 0 Å². The highest BCUT2D eigenvalue weighted by molar-refractivity contribution is 5.74. The predicted molar refractivity (Wildman–Crippen MR) is 433 cm³/mol. The molecule has 0 aromatic carbocycles. The van der Waals surface area contributed by atoms with Gasteiger partial charge in [0, 0.05) is 27.7 Å². The lowest BCUT2D eigenvalue weighted by molar-refractivity contribution is -0.409. The minimum Gasteiger partial charge on any atom is -0.394 e. The molecule has 0 bridgehead atoms. The molecule has 0 unspecified atom stereocenters. The fourth-order valence-corrected chi connectivity index (χ4v) is 18.5. The highest BCUT2D eigenvalue weighted by atomic mass is 16.8.